The van der Waals surface area contributed by atoms with Crippen molar-refractivity contribution in [1.29, 1.82) is 0 Å². The van der Waals surface area contributed by atoms with Gasteiger partial charge in [-0.3, -0.25) is 4.99 Å². The summed E-state index contributed by atoms with van der Waals surface area (Å²) < 4.78 is 5.87. The second-order valence-electron chi connectivity index (χ2n) is 11.0. The van der Waals surface area contributed by atoms with Crippen LogP contribution in [0.3, 0.4) is 0 Å². The highest BCUT2D eigenvalue weighted by Crippen LogP contribution is 2.66. The third-order valence-corrected chi connectivity index (χ3v) is 9.46. The SMILES string of the molecule is COc1ccc2ccccc2c1-c1cccc2cccc(C=N[C@H]3C[C@H]4CC[C@]3(C)C4(C)C)c12. The Morgan fingerprint density at radius 3 is 2.38 bits per heavy atom. The molecule has 0 aliphatic heterocycles. The number of methoxy groups -OCH3 is 1. The highest BCUT2D eigenvalue weighted by Gasteiger charge is 2.61. The standard InChI is InChI=1S/C32H33NO/c1-31(2)24-17-18-32(31,3)28(19-24)33-20-23-12-7-10-22-11-8-14-26(29(22)23)30-25-13-6-5-9-21(25)15-16-27(30)34-4/h5-16,20,24,28H,17-19H2,1-4H3/t24-,28+,32+/m1/s1. The molecule has 3 atom stereocenters. The maximum absolute atomic E-state index is 5.87. The fourth-order valence-corrected chi connectivity index (χ4v) is 6.94. The molecule has 2 aliphatic rings. The molecule has 0 unspecified atom stereocenters. The van der Waals surface area contributed by atoms with Gasteiger partial charge >= 0.3 is 0 Å². The summed E-state index contributed by atoms with van der Waals surface area (Å²) in [5.41, 5.74) is 4.20. The van der Waals surface area contributed by atoms with Crippen LogP contribution in [0, 0.1) is 16.7 Å². The van der Waals surface area contributed by atoms with Gasteiger partial charge in [0.25, 0.3) is 0 Å². The van der Waals surface area contributed by atoms with E-state index in [9.17, 15) is 0 Å². The van der Waals surface area contributed by atoms with Crippen molar-refractivity contribution in [3.63, 3.8) is 0 Å². The van der Waals surface area contributed by atoms with Crippen molar-refractivity contribution in [3.05, 3.63) is 78.4 Å². The van der Waals surface area contributed by atoms with E-state index in [1.54, 1.807) is 7.11 Å². The summed E-state index contributed by atoms with van der Waals surface area (Å²) in [6.45, 7) is 7.39. The van der Waals surface area contributed by atoms with E-state index in [0.717, 1.165) is 17.2 Å². The average molecular weight is 448 g/mol. The van der Waals surface area contributed by atoms with Crippen LogP contribution in [-0.2, 0) is 0 Å². The smallest absolute Gasteiger partial charge is 0.127 e. The number of aliphatic imine (C=N–C) groups is 1. The number of hydrogen-bond donors (Lipinski definition) is 0. The molecule has 2 heteroatoms. The minimum absolute atomic E-state index is 0.292. The zero-order chi connectivity index (χ0) is 23.5. The first-order valence-electron chi connectivity index (χ1n) is 12.5. The molecular formula is C32H33NO. The van der Waals surface area contributed by atoms with Crippen LogP contribution in [0.25, 0.3) is 32.7 Å². The summed E-state index contributed by atoms with van der Waals surface area (Å²) in [6.07, 6.45) is 6.03. The lowest BCUT2D eigenvalue weighted by Crippen LogP contribution is -2.34. The first kappa shape index (κ1) is 21.4. The molecule has 2 bridgehead atoms. The first-order chi connectivity index (χ1) is 16.4. The topological polar surface area (TPSA) is 21.6 Å². The van der Waals surface area contributed by atoms with E-state index < -0.39 is 0 Å². The summed E-state index contributed by atoms with van der Waals surface area (Å²) in [5.74, 6) is 1.70. The van der Waals surface area contributed by atoms with Crippen molar-refractivity contribution >= 4 is 27.8 Å². The first-order valence-corrected chi connectivity index (χ1v) is 12.5. The fraction of sp³-hybridized carbons (Fsp3) is 0.344. The molecule has 0 N–H and O–H groups in total. The Labute approximate surface area is 202 Å². The van der Waals surface area contributed by atoms with E-state index in [2.05, 4.69) is 99.8 Å². The van der Waals surface area contributed by atoms with Gasteiger partial charge in [-0.2, -0.15) is 0 Å². The van der Waals surface area contributed by atoms with Crippen LogP contribution in [0.2, 0.25) is 0 Å². The molecule has 2 nitrogen and oxygen atoms in total. The molecule has 0 heterocycles. The zero-order valence-electron chi connectivity index (χ0n) is 20.6. The van der Waals surface area contributed by atoms with Crippen LogP contribution in [0.4, 0.5) is 0 Å². The third-order valence-electron chi connectivity index (χ3n) is 9.46. The molecule has 6 rings (SSSR count). The predicted molar refractivity (Wildman–Crippen MR) is 144 cm³/mol. The van der Waals surface area contributed by atoms with Crippen molar-refractivity contribution in [2.45, 2.75) is 46.1 Å². The predicted octanol–water partition coefficient (Wildman–Crippen LogP) is 8.30. The molecule has 34 heavy (non-hydrogen) atoms. The van der Waals surface area contributed by atoms with Gasteiger partial charge < -0.3 is 4.74 Å². The van der Waals surface area contributed by atoms with Gasteiger partial charge in [-0.1, -0.05) is 87.5 Å². The van der Waals surface area contributed by atoms with Crippen LogP contribution in [0.5, 0.6) is 5.75 Å². The molecule has 0 saturated heterocycles. The van der Waals surface area contributed by atoms with Gasteiger partial charge in [0.15, 0.2) is 0 Å². The van der Waals surface area contributed by atoms with Gasteiger partial charge in [0.1, 0.15) is 5.75 Å². The Hall–Kier alpha value is -3.13. The maximum Gasteiger partial charge on any atom is 0.127 e. The average Bonchev–Trinajstić information content (AvgIpc) is 3.20. The van der Waals surface area contributed by atoms with Crippen LogP contribution >= 0.6 is 0 Å². The largest absolute Gasteiger partial charge is 0.496 e. The molecule has 2 aliphatic carbocycles. The van der Waals surface area contributed by atoms with Crippen molar-refractivity contribution in [3.8, 4) is 16.9 Å². The molecule has 0 spiro atoms. The van der Waals surface area contributed by atoms with Crippen LogP contribution < -0.4 is 4.74 Å². The van der Waals surface area contributed by atoms with E-state index in [1.807, 2.05) is 0 Å². The number of fused-ring (bicyclic) bond motifs is 4. The van der Waals surface area contributed by atoms with Gasteiger partial charge in [0.05, 0.1) is 13.2 Å². The summed E-state index contributed by atoms with van der Waals surface area (Å²) in [6, 6.07) is 26.4. The fourth-order valence-electron chi connectivity index (χ4n) is 6.94. The quantitative estimate of drug-likeness (QED) is 0.288. The Morgan fingerprint density at radius 1 is 0.882 bits per heavy atom. The van der Waals surface area contributed by atoms with Gasteiger partial charge in [-0.15, -0.1) is 0 Å². The van der Waals surface area contributed by atoms with Gasteiger partial charge in [0.2, 0.25) is 0 Å². The number of nitrogens with zero attached hydrogens (tertiary/aromatic N) is 1. The molecule has 0 aromatic heterocycles. The molecule has 4 aromatic rings. The lowest BCUT2D eigenvalue weighted by Gasteiger charge is -2.37. The van der Waals surface area contributed by atoms with E-state index in [0.29, 0.717) is 16.9 Å². The number of benzene rings is 4. The Bertz CT molecular complexity index is 1430. The summed E-state index contributed by atoms with van der Waals surface area (Å²) in [5, 5.41) is 4.91. The highest BCUT2D eigenvalue weighted by molar-refractivity contribution is 6.12. The van der Waals surface area contributed by atoms with Crippen LogP contribution in [-0.4, -0.2) is 19.4 Å². The highest BCUT2D eigenvalue weighted by atomic mass is 16.5. The summed E-state index contributed by atoms with van der Waals surface area (Å²) >= 11 is 0. The van der Waals surface area contributed by atoms with Gasteiger partial charge in [-0.05, 0) is 69.2 Å². The van der Waals surface area contributed by atoms with E-state index in [-0.39, 0.29) is 0 Å². The van der Waals surface area contributed by atoms with Gasteiger partial charge in [-0.25, -0.2) is 0 Å². The lowest BCUT2D eigenvalue weighted by molar-refractivity contribution is 0.137. The lowest BCUT2D eigenvalue weighted by atomic mass is 9.69. The minimum atomic E-state index is 0.292. The van der Waals surface area contributed by atoms with Crippen molar-refractivity contribution in [2.75, 3.05) is 7.11 Å². The summed E-state index contributed by atoms with van der Waals surface area (Å²) in [4.78, 5) is 5.28. The molecule has 0 radical (unpaired) electrons. The second kappa shape index (κ2) is 7.70. The number of rotatable bonds is 4. The second-order valence-corrected chi connectivity index (χ2v) is 11.0. The van der Waals surface area contributed by atoms with Gasteiger partial charge in [0, 0.05) is 17.3 Å². The molecule has 2 saturated carbocycles. The minimum Gasteiger partial charge on any atom is -0.496 e. The Kier molecular flexibility index (Phi) is 4.85. The number of ether oxygens (including phenoxy) is 1. The monoisotopic (exact) mass is 447 g/mol. The molecule has 2 fully saturated rings. The van der Waals surface area contributed by atoms with Crippen LogP contribution in [0.1, 0.15) is 45.6 Å². The van der Waals surface area contributed by atoms with Crippen molar-refractivity contribution < 1.29 is 4.74 Å². The molecule has 172 valence electrons. The Morgan fingerprint density at radius 2 is 1.65 bits per heavy atom. The zero-order valence-corrected chi connectivity index (χ0v) is 20.6. The molecular weight excluding hydrogens is 414 g/mol. The summed E-state index contributed by atoms with van der Waals surface area (Å²) in [7, 11) is 1.76. The van der Waals surface area contributed by atoms with E-state index in [4.69, 9.17) is 9.73 Å². The maximum atomic E-state index is 5.87. The number of hydrogen-bond acceptors (Lipinski definition) is 2. The van der Waals surface area contributed by atoms with Crippen LogP contribution in [0.15, 0.2) is 77.8 Å². The molecule has 4 aromatic carbocycles. The van der Waals surface area contributed by atoms with Crippen molar-refractivity contribution in [1.82, 2.24) is 0 Å². The molecule has 0 amide bonds. The van der Waals surface area contributed by atoms with Crippen molar-refractivity contribution in [2.24, 2.45) is 21.7 Å². The van der Waals surface area contributed by atoms with E-state index >= 15 is 0 Å². The Balaban J connectivity index is 1.53. The van der Waals surface area contributed by atoms with E-state index in [1.165, 1.54) is 51.9 Å². The normalized spacial score (nSPS) is 25.5. The third kappa shape index (κ3) is 2.97.